The van der Waals surface area contributed by atoms with Crippen molar-refractivity contribution in [3.05, 3.63) is 29.8 Å². The molecule has 2 unspecified atom stereocenters. The summed E-state index contributed by atoms with van der Waals surface area (Å²) in [5.41, 5.74) is 0.999. The number of urea groups is 1. The first-order chi connectivity index (χ1) is 11.0. The molecule has 6 heteroatoms. The second-order valence-corrected chi connectivity index (χ2v) is 7.72. The number of benzene rings is 1. The Morgan fingerprint density at radius 3 is 2.70 bits per heavy atom. The van der Waals surface area contributed by atoms with Gasteiger partial charge in [0.2, 0.25) is 0 Å². The maximum absolute atomic E-state index is 12.2. The fourth-order valence-corrected chi connectivity index (χ4v) is 2.99. The summed E-state index contributed by atoms with van der Waals surface area (Å²) in [6.45, 7) is 6.86. The van der Waals surface area contributed by atoms with Crippen LogP contribution in [0, 0.1) is 5.92 Å². The number of nitrogens with zero attached hydrogens (tertiary/aromatic N) is 1. The van der Waals surface area contributed by atoms with E-state index in [1.807, 2.05) is 24.3 Å². The molecule has 5 nitrogen and oxygen atoms in total. The highest BCUT2D eigenvalue weighted by molar-refractivity contribution is 7.84. The van der Waals surface area contributed by atoms with E-state index in [-0.39, 0.29) is 12.1 Å². The first-order valence-electron chi connectivity index (χ1n) is 8.02. The van der Waals surface area contributed by atoms with E-state index in [9.17, 15) is 9.00 Å². The number of nitrogens with one attached hydrogen (secondary N) is 1. The van der Waals surface area contributed by atoms with Gasteiger partial charge in [0.05, 0.1) is 6.10 Å². The quantitative estimate of drug-likeness (QED) is 0.866. The number of hydrogen-bond acceptors (Lipinski definition) is 3. The first-order valence-corrected chi connectivity index (χ1v) is 9.58. The third-order valence-corrected chi connectivity index (χ3v) is 4.73. The summed E-state index contributed by atoms with van der Waals surface area (Å²) in [4.78, 5) is 14.8. The summed E-state index contributed by atoms with van der Waals surface area (Å²) in [6.07, 6.45) is 2.71. The highest BCUT2D eigenvalue weighted by Crippen LogP contribution is 2.14. The average Bonchev–Trinajstić information content (AvgIpc) is 3.00. The predicted octanol–water partition coefficient (Wildman–Crippen LogP) is 2.38. The molecule has 1 fully saturated rings. The number of likely N-dealkylation sites (tertiary alicyclic amines) is 1. The normalized spacial score (nSPS) is 19.1. The highest BCUT2D eigenvalue weighted by atomic mass is 32.2. The minimum atomic E-state index is -0.971. The lowest BCUT2D eigenvalue weighted by atomic mass is 10.2. The van der Waals surface area contributed by atoms with Gasteiger partial charge >= 0.3 is 6.03 Å². The summed E-state index contributed by atoms with van der Waals surface area (Å²) in [5, 5.41) is 2.93. The van der Waals surface area contributed by atoms with Gasteiger partial charge in [-0.05, 0) is 30.0 Å². The molecule has 0 radical (unpaired) electrons. The summed E-state index contributed by atoms with van der Waals surface area (Å²) < 4.78 is 17.1. The lowest BCUT2D eigenvalue weighted by Gasteiger charge is -2.18. The van der Waals surface area contributed by atoms with Gasteiger partial charge in [-0.2, -0.15) is 0 Å². The molecule has 0 saturated carbocycles. The highest BCUT2D eigenvalue weighted by Gasteiger charge is 2.26. The van der Waals surface area contributed by atoms with Gasteiger partial charge in [-0.25, -0.2) is 4.79 Å². The van der Waals surface area contributed by atoms with Crippen molar-refractivity contribution in [1.29, 1.82) is 0 Å². The van der Waals surface area contributed by atoms with Crippen LogP contribution in [0.2, 0.25) is 0 Å². The number of hydrogen-bond donors (Lipinski definition) is 1. The Kier molecular flexibility index (Phi) is 6.59. The lowest BCUT2D eigenvalue weighted by molar-refractivity contribution is 0.0436. The molecular formula is C17H26N2O3S. The second kappa shape index (κ2) is 8.45. The molecule has 2 rings (SSSR count). The number of carbonyl (C=O) groups excluding carboxylic acids is 1. The smallest absolute Gasteiger partial charge is 0.317 e. The molecular weight excluding hydrogens is 312 g/mol. The Labute approximate surface area is 140 Å². The topological polar surface area (TPSA) is 58.6 Å². The van der Waals surface area contributed by atoms with Crippen LogP contribution in [-0.4, -0.2) is 47.2 Å². The molecule has 1 N–H and O–H groups in total. The van der Waals surface area contributed by atoms with E-state index >= 15 is 0 Å². The van der Waals surface area contributed by atoms with E-state index < -0.39 is 10.8 Å². The van der Waals surface area contributed by atoms with Gasteiger partial charge in [0.1, 0.15) is 0 Å². The molecule has 1 aromatic rings. The van der Waals surface area contributed by atoms with Crippen molar-refractivity contribution in [2.45, 2.75) is 37.8 Å². The lowest BCUT2D eigenvalue weighted by Crippen LogP contribution is -2.38. The molecule has 0 spiro atoms. The van der Waals surface area contributed by atoms with E-state index in [1.54, 1.807) is 11.2 Å². The van der Waals surface area contributed by atoms with E-state index in [0.717, 1.165) is 30.0 Å². The van der Waals surface area contributed by atoms with Crippen LogP contribution in [0.5, 0.6) is 0 Å². The van der Waals surface area contributed by atoms with Gasteiger partial charge in [-0.3, -0.25) is 4.21 Å². The van der Waals surface area contributed by atoms with Crippen LogP contribution in [0.1, 0.15) is 25.8 Å². The summed E-state index contributed by atoms with van der Waals surface area (Å²) >= 11 is 0. The van der Waals surface area contributed by atoms with Crippen LogP contribution in [-0.2, 0) is 22.1 Å². The average molecular weight is 338 g/mol. The first kappa shape index (κ1) is 17.9. The van der Waals surface area contributed by atoms with E-state index in [0.29, 0.717) is 19.0 Å². The minimum Gasteiger partial charge on any atom is -0.376 e. The molecule has 128 valence electrons. The third-order valence-electron chi connectivity index (χ3n) is 3.80. The maximum atomic E-state index is 12.2. The minimum absolute atomic E-state index is 0.0520. The van der Waals surface area contributed by atoms with Gasteiger partial charge in [0, 0.05) is 48.2 Å². The molecule has 1 aromatic carbocycles. The standard InChI is InChI=1S/C17H26N2O3S/c1-13(2)12-22-15-8-9-19(11-15)17(20)18-10-14-4-6-16(7-5-14)23(3)21/h4-7,13,15H,8-12H2,1-3H3,(H,18,20). The zero-order chi connectivity index (χ0) is 16.8. The van der Waals surface area contributed by atoms with E-state index in [4.69, 9.17) is 4.74 Å². The van der Waals surface area contributed by atoms with Crippen molar-refractivity contribution < 1.29 is 13.7 Å². The molecule has 23 heavy (non-hydrogen) atoms. The molecule has 1 saturated heterocycles. The molecule has 0 aromatic heterocycles. The van der Waals surface area contributed by atoms with E-state index in [2.05, 4.69) is 19.2 Å². The Morgan fingerprint density at radius 2 is 2.09 bits per heavy atom. The Balaban J connectivity index is 1.76. The zero-order valence-electron chi connectivity index (χ0n) is 14.1. The molecule has 0 bridgehead atoms. The van der Waals surface area contributed by atoms with E-state index in [1.165, 1.54) is 0 Å². The van der Waals surface area contributed by atoms with Crippen LogP contribution in [0.25, 0.3) is 0 Å². The van der Waals surface area contributed by atoms with Crippen LogP contribution in [0.3, 0.4) is 0 Å². The maximum Gasteiger partial charge on any atom is 0.317 e. The summed E-state index contributed by atoms with van der Waals surface area (Å²) in [6, 6.07) is 7.42. The van der Waals surface area contributed by atoms with Crippen LogP contribution < -0.4 is 5.32 Å². The zero-order valence-corrected chi connectivity index (χ0v) is 14.9. The fourth-order valence-electron chi connectivity index (χ4n) is 2.47. The van der Waals surface area contributed by atoms with Crippen molar-refractivity contribution in [3.63, 3.8) is 0 Å². The number of amides is 2. The molecule has 1 heterocycles. The van der Waals surface area contributed by atoms with Gasteiger partial charge in [-0.15, -0.1) is 0 Å². The van der Waals surface area contributed by atoms with Crippen molar-refractivity contribution in [1.82, 2.24) is 10.2 Å². The third kappa shape index (κ3) is 5.62. The fraction of sp³-hybridized carbons (Fsp3) is 0.588. The van der Waals surface area contributed by atoms with Crippen molar-refractivity contribution in [2.24, 2.45) is 5.92 Å². The van der Waals surface area contributed by atoms with Gasteiger partial charge in [0.15, 0.2) is 0 Å². The molecule has 0 aliphatic carbocycles. The SMILES string of the molecule is CC(C)COC1CCN(C(=O)NCc2ccc(S(C)=O)cc2)C1. The largest absolute Gasteiger partial charge is 0.376 e. The Bertz CT molecular complexity index is 545. The number of carbonyl (C=O) groups is 1. The Hall–Kier alpha value is -1.40. The predicted molar refractivity (Wildman–Crippen MR) is 91.8 cm³/mol. The number of rotatable bonds is 6. The summed E-state index contributed by atoms with van der Waals surface area (Å²) in [7, 11) is -0.971. The van der Waals surface area contributed by atoms with Gasteiger partial charge in [0.25, 0.3) is 0 Å². The van der Waals surface area contributed by atoms with Crippen molar-refractivity contribution >= 4 is 16.8 Å². The van der Waals surface area contributed by atoms with Crippen molar-refractivity contribution in [2.75, 3.05) is 26.0 Å². The van der Waals surface area contributed by atoms with Crippen LogP contribution >= 0.6 is 0 Å². The number of ether oxygens (including phenoxy) is 1. The van der Waals surface area contributed by atoms with Crippen molar-refractivity contribution in [3.8, 4) is 0 Å². The molecule has 1 aliphatic heterocycles. The van der Waals surface area contributed by atoms with Crippen LogP contribution in [0.15, 0.2) is 29.2 Å². The molecule has 2 atom stereocenters. The van der Waals surface area contributed by atoms with Crippen LogP contribution in [0.4, 0.5) is 4.79 Å². The van der Waals surface area contributed by atoms with Gasteiger partial charge in [-0.1, -0.05) is 26.0 Å². The second-order valence-electron chi connectivity index (χ2n) is 6.34. The summed E-state index contributed by atoms with van der Waals surface area (Å²) in [5.74, 6) is 0.512. The monoisotopic (exact) mass is 338 g/mol. The Morgan fingerprint density at radius 1 is 1.39 bits per heavy atom. The molecule has 2 amide bonds. The van der Waals surface area contributed by atoms with Gasteiger partial charge < -0.3 is 15.0 Å². The molecule has 1 aliphatic rings.